The second kappa shape index (κ2) is 6.70. The van der Waals surface area contributed by atoms with Gasteiger partial charge in [-0.1, -0.05) is 18.2 Å². The van der Waals surface area contributed by atoms with Crippen molar-refractivity contribution in [3.05, 3.63) is 78.4 Å². The zero-order valence-corrected chi connectivity index (χ0v) is 12.6. The van der Waals surface area contributed by atoms with E-state index in [-0.39, 0.29) is 5.91 Å². The smallest absolute Gasteiger partial charge is 0.259 e. The number of hydrogen-bond donors (Lipinski definition) is 1. The van der Waals surface area contributed by atoms with E-state index in [0.717, 1.165) is 5.75 Å². The van der Waals surface area contributed by atoms with Crippen molar-refractivity contribution in [2.45, 2.75) is 6.92 Å². The van der Waals surface area contributed by atoms with Gasteiger partial charge in [0.05, 0.1) is 11.3 Å². The van der Waals surface area contributed by atoms with Crippen LogP contribution in [-0.2, 0) is 0 Å². The summed E-state index contributed by atoms with van der Waals surface area (Å²) in [5.41, 5.74) is 1.78. The Bertz CT molecular complexity index is 802. The summed E-state index contributed by atoms with van der Waals surface area (Å²) in [6, 6.07) is 16.7. The average molecular weight is 305 g/mol. The molecule has 0 saturated carbocycles. The predicted molar refractivity (Wildman–Crippen MR) is 87.7 cm³/mol. The minimum Gasteiger partial charge on any atom is -0.457 e. The van der Waals surface area contributed by atoms with E-state index in [2.05, 4.69) is 15.3 Å². The molecule has 3 aromatic rings. The molecular weight excluding hydrogens is 290 g/mol. The lowest BCUT2D eigenvalue weighted by Crippen LogP contribution is -2.14. The van der Waals surface area contributed by atoms with Crippen LogP contribution in [0, 0.1) is 6.92 Å². The molecule has 114 valence electrons. The molecule has 0 fully saturated rings. The Balaban J connectivity index is 1.68. The molecule has 5 heteroatoms. The van der Waals surface area contributed by atoms with Crippen LogP contribution in [0.4, 0.5) is 5.69 Å². The average Bonchev–Trinajstić information content (AvgIpc) is 2.58. The molecule has 0 atom stereocenters. The molecule has 0 aliphatic carbocycles. The highest BCUT2D eigenvalue weighted by molar-refractivity contribution is 6.04. The lowest BCUT2D eigenvalue weighted by Gasteiger charge is -2.08. The van der Waals surface area contributed by atoms with Gasteiger partial charge in [0, 0.05) is 11.9 Å². The fourth-order valence-corrected chi connectivity index (χ4v) is 2.04. The lowest BCUT2D eigenvalue weighted by atomic mass is 10.2. The number of anilines is 1. The Hall–Kier alpha value is -3.21. The Labute approximate surface area is 134 Å². The molecule has 0 unspecified atom stereocenters. The monoisotopic (exact) mass is 305 g/mol. The van der Waals surface area contributed by atoms with E-state index >= 15 is 0 Å². The lowest BCUT2D eigenvalue weighted by molar-refractivity contribution is 0.102. The molecule has 5 nitrogen and oxygen atoms in total. The van der Waals surface area contributed by atoms with E-state index in [1.54, 1.807) is 31.2 Å². The van der Waals surface area contributed by atoms with E-state index in [1.165, 1.54) is 12.5 Å². The number of aryl methyl sites for hydroxylation is 1. The van der Waals surface area contributed by atoms with Gasteiger partial charge in [0.1, 0.15) is 17.8 Å². The van der Waals surface area contributed by atoms with Crippen molar-refractivity contribution in [1.82, 2.24) is 9.97 Å². The van der Waals surface area contributed by atoms with Crippen LogP contribution in [0.1, 0.15) is 16.1 Å². The molecule has 1 amide bonds. The zero-order chi connectivity index (χ0) is 16.1. The van der Waals surface area contributed by atoms with E-state index in [0.29, 0.717) is 22.7 Å². The third-order valence-corrected chi connectivity index (χ3v) is 3.25. The molecule has 2 aromatic carbocycles. The maximum absolute atomic E-state index is 12.2. The van der Waals surface area contributed by atoms with Crippen molar-refractivity contribution in [3.8, 4) is 11.5 Å². The summed E-state index contributed by atoms with van der Waals surface area (Å²) in [5.74, 6) is 1.23. The van der Waals surface area contributed by atoms with Crippen LogP contribution in [0.15, 0.2) is 67.1 Å². The summed E-state index contributed by atoms with van der Waals surface area (Å²) in [6.45, 7) is 1.77. The molecule has 0 radical (unpaired) electrons. The van der Waals surface area contributed by atoms with Crippen LogP contribution in [0.25, 0.3) is 0 Å². The third-order valence-electron chi connectivity index (χ3n) is 3.25. The van der Waals surface area contributed by atoms with Crippen molar-refractivity contribution >= 4 is 11.6 Å². The van der Waals surface area contributed by atoms with Gasteiger partial charge in [0.2, 0.25) is 0 Å². The van der Waals surface area contributed by atoms with Crippen molar-refractivity contribution < 1.29 is 9.53 Å². The van der Waals surface area contributed by atoms with Crippen LogP contribution in [-0.4, -0.2) is 15.9 Å². The summed E-state index contributed by atoms with van der Waals surface area (Å²) < 4.78 is 5.71. The maximum atomic E-state index is 12.2. The molecule has 0 spiro atoms. The van der Waals surface area contributed by atoms with Gasteiger partial charge in [-0.3, -0.25) is 4.79 Å². The molecule has 1 heterocycles. The number of amides is 1. The summed E-state index contributed by atoms with van der Waals surface area (Å²) in [7, 11) is 0. The number of carbonyl (C=O) groups excluding carboxylic acids is 1. The number of nitrogens with zero attached hydrogens (tertiary/aromatic N) is 2. The van der Waals surface area contributed by atoms with Crippen molar-refractivity contribution in [1.29, 1.82) is 0 Å². The van der Waals surface area contributed by atoms with Gasteiger partial charge < -0.3 is 10.1 Å². The van der Waals surface area contributed by atoms with Gasteiger partial charge in [0.15, 0.2) is 0 Å². The topological polar surface area (TPSA) is 64.1 Å². The molecule has 1 aromatic heterocycles. The highest BCUT2D eigenvalue weighted by atomic mass is 16.5. The highest BCUT2D eigenvalue weighted by Crippen LogP contribution is 2.22. The normalized spacial score (nSPS) is 10.1. The fourth-order valence-electron chi connectivity index (χ4n) is 2.04. The quantitative estimate of drug-likeness (QED) is 0.795. The Morgan fingerprint density at radius 1 is 1.00 bits per heavy atom. The Morgan fingerprint density at radius 3 is 2.39 bits per heavy atom. The minimum absolute atomic E-state index is 0.236. The van der Waals surface area contributed by atoms with Crippen LogP contribution in [0.3, 0.4) is 0 Å². The number of benzene rings is 2. The first-order valence-electron chi connectivity index (χ1n) is 7.13. The van der Waals surface area contributed by atoms with Crippen LogP contribution < -0.4 is 10.1 Å². The number of ether oxygens (including phenoxy) is 1. The summed E-state index contributed by atoms with van der Waals surface area (Å²) in [4.78, 5) is 20.1. The van der Waals surface area contributed by atoms with Crippen LogP contribution in [0.2, 0.25) is 0 Å². The van der Waals surface area contributed by atoms with E-state index < -0.39 is 0 Å². The summed E-state index contributed by atoms with van der Waals surface area (Å²) in [6.07, 6.45) is 2.92. The van der Waals surface area contributed by atoms with E-state index in [1.807, 2.05) is 30.3 Å². The standard InChI is InChI=1S/C18H15N3O2/c1-13-17(11-19-12-20-13)18(22)21-14-7-9-16(10-8-14)23-15-5-3-2-4-6-15/h2-12H,1H3,(H,21,22). The molecular formula is C18H15N3O2. The maximum Gasteiger partial charge on any atom is 0.259 e. The van der Waals surface area contributed by atoms with Gasteiger partial charge in [-0.15, -0.1) is 0 Å². The summed E-state index contributed by atoms with van der Waals surface area (Å²) in [5, 5.41) is 2.82. The van der Waals surface area contributed by atoms with Gasteiger partial charge in [-0.05, 0) is 43.3 Å². The molecule has 1 N–H and O–H groups in total. The van der Waals surface area contributed by atoms with Gasteiger partial charge in [0.25, 0.3) is 5.91 Å². The van der Waals surface area contributed by atoms with Gasteiger partial charge >= 0.3 is 0 Å². The van der Waals surface area contributed by atoms with Gasteiger partial charge in [-0.25, -0.2) is 9.97 Å². The Kier molecular flexibility index (Phi) is 4.29. The van der Waals surface area contributed by atoms with Crippen molar-refractivity contribution in [3.63, 3.8) is 0 Å². The summed E-state index contributed by atoms with van der Waals surface area (Å²) >= 11 is 0. The number of rotatable bonds is 4. The molecule has 0 aliphatic heterocycles. The van der Waals surface area contributed by atoms with Crippen LogP contribution >= 0.6 is 0 Å². The minimum atomic E-state index is -0.236. The largest absolute Gasteiger partial charge is 0.457 e. The molecule has 23 heavy (non-hydrogen) atoms. The first-order chi connectivity index (χ1) is 11.2. The molecule has 0 saturated heterocycles. The predicted octanol–water partition coefficient (Wildman–Crippen LogP) is 3.83. The van der Waals surface area contributed by atoms with Crippen LogP contribution in [0.5, 0.6) is 11.5 Å². The Morgan fingerprint density at radius 2 is 1.70 bits per heavy atom. The first-order valence-corrected chi connectivity index (χ1v) is 7.13. The number of hydrogen-bond acceptors (Lipinski definition) is 4. The van der Waals surface area contributed by atoms with Crippen molar-refractivity contribution in [2.75, 3.05) is 5.32 Å². The second-order valence-electron chi connectivity index (χ2n) is 4.92. The highest BCUT2D eigenvalue weighted by Gasteiger charge is 2.10. The number of aromatic nitrogens is 2. The third kappa shape index (κ3) is 3.71. The second-order valence-corrected chi connectivity index (χ2v) is 4.92. The van der Waals surface area contributed by atoms with Gasteiger partial charge in [-0.2, -0.15) is 0 Å². The van der Waals surface area contributed by atoms with Crippen molar-refractivity contribution in [2.24, 2.45) is 0 Å². The number of carbonyl (C=O) groups is 1. The SMILES string of the molecule is Cc1ncncc1C(=O)Nc1ccc(Oc2ccccc2)cc1. The van der Waals surface area contributed by atoms with E-state index in [4.69, 9.17) is 4.74 Å². The zero-order valence-electron chi connectivity index (χ0n) is 12.6. The fraction of sp³-hybridized carbons (Fsp3) is 0.0556. The van der Waals surface area contributed by atoms with E-state index in [9.17, 15) is 4.79 Å². The molecule has 3 rings (SSSR count). The first kappa shape index (κ1) is 14.7. The number of para-hydroxylation sites is 1. The molecule has 0 aliphatic rings. The molecule has 0 bridgehead atoms. The number of nitrogens with one attached hydrogen (secondary N) is 1.